The Kier molecular flexibility index (Phi) is 15.7. The predicted octanol–water partition coefficient (Wildman–Crippen LogP) is 14.8. The first-order chi connectivity index (χ1) is 48.0. The lowest BCUT2D eigenvalue weighted by molar-refractivity contribution is -0.148. The number of Topliss-reactive ketones (excluding diaryl/α,β-unsaturated/α-hetero) is 2. The zero-order valence-electron chi connectivity index (χ0n) is 56.6. The Balaban J connectivity index is 0.924. The molecule has 13 aliphatic rings. The molecule has 3 spiro atoms. The van der Waals surface area contributed by atoms with Gasteiger partial charge in [-0.25, -0.2) is 0 Å². The zero-order chi connectivity index (χ0) is 67.8. The van der Waals surface area contributed by atoms with Crippen LogP contribution in [-0.2, 0) is 32.0 Å². The number of aromatic amines is 1. The molecular formula is C84H88N4O11. The van der Waals surface area contributed by atoms with E-state index in [2.05, 4.69) is 123 Å². The van der Waals surface area contributed by atoms with Crippen LogP contribution in [0.3, 0.4) is 0 Å². The van der Waals surface area contributed by atoms with Crippen LogP contribution >= 0.6 is 0 Å². The molecule has 8 aliphatic carbocycles. The van der Waals surface area contributed by atoms with Crippen LogP contribution in [0.5, 0.6) is 34.5 Å². The second kappa shape index (κ2) is 24.4. The first kappa shape index (κ1) is 63.5. The fourth-order valence-corrected chi connectivity index (χ4v) is 21.7. The second-order valence-corrected chi connectivity index (χ2v) is 30.9. The van der Waals surface area contributed by atoms with Gasteiger partial charge in [-0.15, -0.1) is 0 Å². The highest BCUT2D eigenvalue weighted by molar-refractivity contribution is 6.01. The number of benzene rings is 4. The normalized spacial score (nSPS) is 32.1. The van der Waals surface area contributed by atoms with Gasteiger partial charge in [0, 0.05) is 122 Å². The van der Waals surface area contributed by atoms with Crippen molar-refractivity contribution in [3.05, 3.63) is 196 Å². The standard InChI is InChI=1S/C84H88N4O11/c1-47(90)25-31-87-71-21-18-64-78-67(71)44-88-72(54-36-73(95)80(75(37-54)97-3)99-74-41-59(93)35-53-32-49(16-17-62(53)74)55(45-89)33-50-22-26-82-28-29-83(46-82,81(64)96)70(79(78)88)20-19-68(50)82)40-60(94)39-61(98-48(2)91)23-27-84-56-9-5-10-57(84)12-7-15-69(84)66-43-85-42-65(66)63(14-6-11-56)77(51-8-4-13-58(92)34-51)52-24-30-86-76(87)38-52/h4-5,7-10,13,15,18-21,24,34-38,41-44,49-50,55,57,61,63,68-70,72,77,81,85-86,89,92-93,95-96H,11-12,16-17,22-23,25-33,39-40,45-46H2,1-3H3/t49-,50+,55-,57+,61+,63+,68+,69+,70-,72+,77+,81+,82+,83+,84-/m0/s1. The van der Waals surface area contributed by atoms with Crippen molar-refractivity contribution in [2.24, 2.45) is 45.8 Å². The number of ketones is 2. The number of rotatable bonds is 7. The highest BCUT2D eigenvalue weighted by Crippen LogP contribution is 2.74. The number of allylic oxidation sites excluding steroid dienone is 10. The first-order valence-electron chi connectivity index (χ1n) is 36.2. The number of anilines is 1. The number of dihydropyridines is 1. The average molecular weight is 1330 g/mol. The van der Waals surface area contributed by atoms with Crippen LogP contribution in [0.4, 0.5) is 5.69 Å². The molecule has 16 bridgehead atoms. The molecule has 15 heteroatoms. The van der Waals surface area contributed by atoms with Gasteiger partial charge in [0.2, 0.25) is 5.75 Å². The average Bonchev–Trinajstić information content (AvgIpc) is 1.52. The van der Waals surface area contributed by atoms with E-state index in [-0.39, 0.29) is 120 Å². The highest BCUT2D eigenvalue weighted by Gasteiger charge is 2.64. The van der Waals surface area contributed by atoms with Gasteiger partial charge in [-0.3, -0.25) is 14.4 Å². The summed E-state index contributed by atoms with van der Waals surface area (Å²) in [6, 6.07) is 17.8. The van der Waals surface area contributed by atoms with Gasteiger partial charge in [0.05, 0.1) is 30.9 Å². The number of phenols is 3. The number of aromatic hydroxyl groups is 3. The predicted molar refractivity (Wildman–Crippen MR) is 378 cm³/mol. The molecule has 0 amide bonds. The van der Waals surface area contributed by atoms with Crippen LogP contribution in [0.15, 0.2) is 151 Å². The molecule has 2 aromatic heterocycles. The van der Waals surface area contributed by atoms with Crippen molar-refractivity contribution in [2.75, 3.05) is 31.7 Å². The molecule has 5 aliphatic heterocycles. The van der Waals surface area contributed by atoms with E-state index in [1.165, 1.54) is 19.6 Å². The van der Waals surface area contributed by atoms with Crippen LogP contribution in [0, 0.1) is 57.7 Å². The van der Waals surface area contributed by atoms with Crippen molar-refractivity contribution in [3.8, 4) is 46.3 Å². The summed E-state index contributed by atoms with van der Waals surface area (Å²) in [6.07, 6.45) is 35.0. The van der Waals surface area contributed by atoms with Crippen molar-refractivity contribution >= 4 is 34.0 Å². The Hall–Kier alpha value is -8.97. The van der Waals surface area contributed by atoms with Crippen LogP contribution in [0.1, 0.15) is 184 Å². The molecule has 7 N–H and O–H groups in total. The Labute approximate surface area is 578 Å². The van der Waals surface area contributed by atoms with Crippen LogP contribution in [0.25, 0.3) is 10.8 Å². The number of phenolic OH excluding ortho intramolecular Hbond substituents is 3. The topological polar surface area (TPSA) is 216 Å². The molecule has 15 atom stereocenters. The van der Waals surface area contributed by atoms with Gasteiger partial charge >= 0.3 is 5.97 Å². The lowest BCUT2D eigenvalue weighted by atomic mass is 9.53. The smallest absolute Gasteiger partial charge is 0.302 e. The summed E-state index contributed by atoms with van der Waals surface area (Å²) < 4.78 is 21.8. The van der Waals surface area contributed by atoms with E-state index in [0.29, 0.717) is 50.0 Å². The molecule has 4 aromatic carbocycles. The summed E-state index contributed by atoms with van der Waals surface area (Å²) in [4.78, 5) is 49.2. The Morgan fingerprint density at radius 2 is 1.75 bits per heavy atom. The summed E-state index contributed by atoms with van der Waals surface area (Å²) in [5, 5.41) is 66.5. The van der Waals surface area contributed by atoms with Crippen molar-refractivity contribution in [1.29, 1.82) is 0 Å². The van der Waals surface area contributed by atoms with Gasteiger partial charge in [-0.05, 0) is 206 Å². The van der Waals surface area contributed by atoms with E-state index in [1.54, 1.807) is 25.1 Å². The minimum Gasteiger partial charge on any atom is -0.508 e. The number of aliphatic hydroxyl groups is 2. The van der Waals surface area contributed by atoms with Gasteiger partial charge < -0.3 is 59.5 Å². The molecule has 99 heavy (non-hydrogen) atoms. The highest BCUT2D eigenvalue weighted by atomic mass is 16.5. The van der Waals surface area contributed by atoms with Crippen LogP contribution in [0.2, 0.25) is 0 Å². The Morgan fingerprint density at radius 1 is 0.869 bits per heavy atom. The number of fused-ring (bicyclic) bond motifs is 3. The largest absolute Gasteiger partial charge is 0.508 e. The maximum absolute atomic E-state index is 16.2. The molecule has 510 valence electrons. The molecule has 7 heterocycles. The number of esters is 1. The molecule has 0 unspecified atom stereocenters. The van der Waals surface area contributed by atoms with Gasteiger partial charge in [0.15, 0.2) is 11.5 Å². The van der Waals surface area contributed by atoms with Crippen LogP contribution in [-0.4, -0.2) is 85.5 Å². The SMILES string of the molecule is COc1cc2cc(O)c1Oc1cc(O)cc3c1CC[C@@H](C3)[C@H](CO)C[C@H]1CC[C@@]34CC[C@]5(C3)[C@H](O)c3ccc6c7cn(c(c37)[C@@H]5C=C[C@H]14)[C@@H]2CC(=O)C[C@H](OC(C)=O)CC[C@]12C3=CC=C[C@@H]1CC=C[C@@H]2c1c[nH]cc1[C@@H](C#CC3)[C@H](c1cccc(O)c1)C1=CCNC(=C1)N6CCC(C)=O. The number of methoxy groups -OCH3 is 1. The minimum absolute atomic E-state index is 0.00573. The molecular weight excluding hydrogens is 1240 g/mol. The fraction of sp³-hybridized carbons (Fsp3) is 0.440. The van der Waals surface area contributed by atoms with Gasteiger partial charge in [0.25, 0.3) is 0 Å². The second-order valence-electron chi connectivity index (χ2n) is 30.9. The summed E-state index contributed by atoms with van der Waals surface area (Å²) in [5.74, 6) is 7.68. The number of aliphatic hydroxyl groups excluding tert-OH is 2. The third-order valence-electron chi connectivity index (χ3n) is 26.0. The summed E-state index contributed by atoms with van der Waals surface area (Å²) in [6.45, 7) is 3.78. The van der Waals surface area contributed by atoms with E-state index in [1.807, 2.05) is 24.3 Å². The van der Waals surface area contributed by atoms with Crippen molar-refractivity contribution in [1.82, 2.24) is 14.9 Å². The molecule has 15 nitrogen and oxygen atoms in total. The van der Waals surface area contributed by atoms with Gasteiger partial charge in [-0.1, -0.05) is 84.2 Å². The number of H-pyrrole nitrogens is 1. The first-order valence-corrected chi connectivity index (χ1v) is 36.2. The van der Waals surface area contributed by atoms with Crippen molar-refractivity contribution < 1.29 is 54.1 Å². The third-order valence-corrected chi connectivity index (χ3v) is 26.0. The molecule has 2 saturated carbocycles. The Bertz CT molecular complexity index is 4610. The number of hydrogen-bond donors (Lipinski definition) is 7. The molecule has 0 radical (unpaired) electrons. The number of carbonyl (C=O) groups excluding carboxylic acids is 3. The monoisotopic (exact) mass is 1330 g/mol. The Morgan fingerprint density at radius 3 is 2.59 bits per heavy atom. The molecule has 19 rings (SSSR count). The summed E-state index contributed by atoms with van der Waals surface area (Å²) >= 11 is 0. The van der Waals surface area contributed by atoms with Crippen LogP contribution < -0.4 is 19.7 Å². The van der Waals surface area contributed by atoms with Gasteiger partial charge in [-0.2, -0.15) is 0 Å². The number of hydrogen-bond acceptors (Lipinski definition) is 13. The van der Waals surface area contributed by atoms with E-state index in [9.17, 15) is 35.1 Å². The lowest BCUT2D eigenvalue weighted by Gasteiger charge is -2.50. The third kappa shape index (κ3) is 10.3. The maximum atomic E-state index is 16.2. The fourth-order valence-electron chi connectivity index (χ4n) is 21.7. The van der Waals surface area contributed by atoms with E-state index >= 15 is 4.79 Å². The number of ether oxygens (including phenoxy) is 3. The molecule has 2 fully saturated rings. The van der Waals surface area contributed by atoms with E-state index in [0.717, 1.165) is 118 Å². The van der Waals surface area contributed by atoms with Crippen molar-refractivity contribution in [2.45, 2.75) is 159 Å². The summed E-state index contributed by atoms with van der Waals surface area (Å²) in [7, 11) is 1.53. The quantitative estimate of drug-likeness (QED) is 0.0450. The number of nitrogens with one attached hydrogen (secondary N) is 2. The maximum Gasteiger partial charge on any atom is 0.302 e. The minimum atomic E-state index is -0.884. The van der Waals surface area contributed by atoms with E-state index in [4.69, 9.17) is 14.2 Å². The number of aromatic nitrogens is 2. The van der Waals surface area contributed by atoms with E-state index < -0.39 is 46.9 Å². The number of nitrogens with zero attached hydrogens (tertiary/aromatic N) is 2. The zero-order valence-corrected chi connectivity index (χ0v) is 56.6. The van der Waals surface area contributed by atoms with Crippen molar-refractivity contribution in [3.63, 3.8) is 0 Å². The summed E-state index contributed by atoms with van der Waals surface area (Å²) in [5.41, 5.74) is 8.85. The van der Waals surface area contributed by atoms with Gasteiger partial charge in [0.1, 0.15) is 40.7 Å². The number of carbonyl (C=O) groups is 3. The molecule has 0 saturated heterocycles. The lowest BCUT2D eigenvalue weighted by Crippen LogP contribution is -2.41. The molecule has 6 aromatic rings.